The van der Waals surface area contributed by atoms with E-state index in [1.165, 1.54) is 13.2 Å². The minimum atomic E-state index is -0.432. The van der Waals surface area contributed by atoms with Gasteiger partial charge in [0.25, 0.3) is 0 Å². The summed E-state index contributed by atoms with van der Waals surface area (Å²) in [6, 6.07) is 20.6. The average Bonchev–Trinajstić information content (AvgIpc) is 2.86. The first-order valence-electron chi connectivity index (χ1n) is 11.0. The molecule has 3 rings (SSSR count). The minimum Gasteiger partial charge on any atom is -0.485 e. The molecule has 6 heteroatoms. The Hall–Kier alpha value is -3.64. The number of fused-ring (bicyclic) bond motifs is 1. The highest BCUT2D eigenvalue weighted by Crippen LogP contribution is 2.25. The molecule has 3 aromatic rings. The molecule has 0 unspecified atom stereocenters. The summed E-state index contributed by atoms with van der Waals surface area (Å²) >= 11 is 0. The number of nitrogens with one attached hydrogen (secondary N) is 1. The molecule has 0 aliphatic rings. The lowest BCUT2D eigenvalue weighted by atomic mass is 10.1. The van der Waals surface area contributed by atoms with Crippen LogP contribution in [0.4, 0.5) is 0 Å². The van der Waals surface area contributed by atoms with Gasteiger partial charge >= 0.3 is 5.97 Å². The lowest BCUT2D eigenvalue weighted by Crippen LogP contribution is -2.18. The number of methoxy groups -OCH3 is 1. The number of carbonyl (C=O) groups is 2. The van der Waals surface area contributed by atoms with Gasteiger partial charge in [0.1, 0.15) is 5.75 Å². The SMILES string of the molecule is CCOCCCNC(=CC(=O)COc1cccc2ccccc12)c1cccc(C(=O)OC)c1. The topological polar surface area (TPSA) is 73.9 Å². The lowest BCUT2D eigenvalue weighted by molar-refractivity contribution is -0.116. The number of ether oxygens (including phenoxy) is 3. The molecule has 0 fully saturated rings. The minimum absolute atomic E-state index is 0.102. The molecule has 0 aromatic heterocycles. The first-order valence-corrected chi connectivity index (χ1v) is 11.0. The molecule has 3 aromatic carbocycles. The van der Waals surface area contributed by atoms with Crippen molar-refractivity contribution < 1.29 is 23.8 Å². The first-order chi connectivity index (χ1) is 16.1. The van der Waals surface area contributed by atoms with Crippen LogP contribution in [0.1, 0.15) is 29.3 Å². The maximum absolute atomic E-state index is 12.8. The van der Waals surface area contributed by atoms with Crippen molar-refractivity contribution in [1.29, 1.82) is 0 Å². The Bertz CT molecular complexity index is 1120. The Morgan fingerprint density at radius 2 is 1.73 bits per heavy atom. The zero-order chi connectivity index (χ0) is 23.5. The van der Waals surface area contributed by atoms with Crippen LogP contribution in [-0.4, -0.2) is 45.2 Å². The van der Waals surface area contributed by atoms with E-state index < -0.39 is 5.97 Å². The number of hydrogen-bond acceptors (Lipinski definition) is 6. The average molecular weight is 448 g/mol. The largest absolute Gasteiger partial charge is 0.485 e. The van der Waals surface area contributed by atoms with Crippen LogP contribution in [0, 0.1) is 0 Å². The summed E-state index contributed by atoms with van der Waals surface area (Å²) in [7, 11) is 1.34. The summed E-state index contributed by atoms with van der Waals surface area (Å²) in [5, 5.41) is 5.30. The Morgan fingerprint density at radius 1 is 0.970 bits per heavy atom. The Balaban J connectivity index is 1.76. The van der Waals surface area contributed by atoms with E-state index in [1.807, 2.05) is 55.5 Å². The van der Waals surface area contributed by atoms with Crippen molar-refractivity contribution in [3.05, 3.63) is 83.9 Å². The van der Waals surface area contributed by atoms with Gasteiger partial charge in [-0.15, -0.1) is 0 Å². The molecule has 1 N–H and O–H groups in total. The lowest BCUT2D eigenvalue weighted by Gasteiger charge is -2.13. The van der Waals surface area contributed by atoms with Gasteiger partial charge in [0.15, 0.2) is 12.4 Å². The van der Waals surface area contributed by atoms with E-state index in [2.05, 4.69) is 5.32 Å². The van der Waals surface area contributed by atoms with Gasteiger partial charge < -0.3 is 19.5 Å². The van der Waals surface area contributed by atoms with Crippen LogP contribution in [0.3, 0.4) is 0 Å². The molecule has 0 spiro atoms. The molecule has 0 aliphatic carbocycles. The molecule has 0 saturated carbocycles. The summed E-state index contributed by atoms with van der Waals surface area (Å²) in [5.74, 6) is 0.0330. The predicted octanol–water partition coefficient (Wildman–Crippen LogP) is 4.63. The number of hydrogen-bond donors (Lipinski definition) is 1. The van der Waals surface area contributed by atoms with Gasteiger partial charge in [0.05, 0.1) is 12.7 Å². The van der Waals surface area contributed by atoms with Gasteiger partial charge in [0.2, 0.25) is 0 Å². The van der Waals surface area contributed by atoms with Crippen LogP contribution < -0.4 is 10.1 Å². The zero-order valence-electron chi connectivity index (χ0n) is 19.0. The molecule has 0 saturated heterocycles. The molecule has 0 atom stereocenters. The van der Waals surface area contributed by atoms with Crippen LogP contribution in [0.2, 0.25) is 0 Å². The Labute approximate surface area is 194 Å². The maximum atomic E-state index is 12.8. The fraction of sp³-hybridized carbons (Fsp3) is 0.259. The van der Waals surface area contributed by atoms with Crippen molar-refractivity contribution in [1.82, 2.24) is 5.32 Å². The van der Waals surface area contributed by atoms with Gasteiger partial charge in [0, 0.05) is 36.9 Å². The number of benzene rings is 3. The van der Waals surface area contributed by atoms with Crippen molar-refractivity contribution in [2.45, 2.75) is 13.3 Å². The van der Waals surface area contributed by atoms with Crippen molar-refractivity contribution in [2.24, 2.45) is 0 Å². The normalized spacial score (nSPS) is 11.3. The van der Waals surface area contributed by atoms with Crippen molar-refractivity contribution >= 4 is 28.2 Å². The number of esters is 1. The van der Waals surface area contributed by atoms with E-state index in [-0.39, 0.29) is 12.4 Å². The van der Waals surface area contributed by atoms with Crippen LogP contribution in [0.25, 0.3) is 16.5 Å². The monoisotopic (exact) mass is 447 g/mol. The first kappa shape index (κ1) is 24.0. The highest BCUT2D eigenvalue weighted by atomic mass is 16.5. The summed E-state index contributed by atoms with van der Waals surface area (Å²) in [5.41, 5.74) is 1.74. The van der Waals surface area contributed by atoms with E-state index in [0.29, 0.717) is 42.3 Å². The fourth-order valence-corrected chi connectivity index (χ4v) is 3.38. The Morgan fingerprint density at radius 3 is 2.55 bits per heavy atom. The molecule has 0 heterocycles. The Kier molecular flexibility index (Phi) is 9.03. The van der Waals surface area contributed by atoms with Crippen molar-refractivity contribution in [3.8, 4) is 5.75 Å². The third kappa shape index (κ3) is 6.92. The number of carbonyl (C=O) groups excluding carboxylic acids is 2. The maximum Gasteiger partial charge on any atom is 0.337 e. The quantitative estimate of drug-likeness (QED) is 0.248. The third-order valence-corrected chi connectivity index (χ3v) is 5.00. The summed E-state index contributed by atoms with van der Waals surface area (Å²) in [4.78, 5) is 24.7. The van der Waals surface area contributed by atoms with E-state index >= 15 is 0 Å². The molecule has 0 radical (unpaired) electrons. The summed E-state index contributed by atoms with van der Waals surface area (Å²) in [6.07, 6.45) is 2.30. The molecular weight excluding hydrogens is 418 g/mol. The van der Waals surface area contributed by atoms with Gasteiger partial charge in [-0.2, -0.15) is 0 Å². The molecule has 0 amide bonds. The van der Waals surface area contributed by atoms with Crippen LogP contribution in [0.15, 0.2) is 72.8 Å². The van der Waals surface area contributed by atoms with Crippen molar-refractivity contribution in [3.63, 3.8) is 0 Å². The zero-order valence-corrected chi connectivity index (χ0v) is 19.0. The summed E-state index contributed by atoms with van der Waals surface area (Å²) in [6.45, 7) is 3.75. The van der Waals surface area contributed by atoms with Gasteiger partial charge in [-0.25, -0.2) is 4.79 Å². The van der Waals surface area contributed by atoms with Crippen LogP contribution in [0.5, 0.6) is 5.75 Å². The second kappa shape index (κ2) is 12.4. The predicted molar refractivity (Wildman–Crippen MR) is 129 cm³/mol. The molecule has 0 bridgehead atoms. The highest BCUT2D eigenvalue weighted by molar-refractivity contribution is 5.98. The van der Waals surface area contributed by atoms with Gasteiger partial charge in [-0.3, -0.25) is 4.79 Å². The van der Waals surface area contributed by atoms with E-state index in [0.717, 1.165) is 17.2 Å². The molecule has 33 heavy (non-hydrogen) atoms. The second-order valence-corrected chi connectivity index (χ2v) is 7.34. The van der Waals surface area contributed by atoms with E-state index in [1.54, 1.807) is 18.2 Å². The van der Waals surface area contributed by atoms with Crippen LogP contribution >= 0.6 is 0 Å². The third-order valence-electron chi connectivity index (χ3n) is 5.00. The molecule has 0 aliphatic heterocycles. The fourth-order valence-electron chi connectivity index (χ4n) is 3.38. The summed E-state index contributed by atoms with van der Waals surface area (Å²) < 4.78 is 16.0. The molecule has 172 valence electrons. The smallest absolute Gasteiger partial charge is 0.337 e. The van der Waals surface area contributed by atoms with E-state index in [9.17, 15) is 9.59 Å². The number of rotatable bonds is 12. The van der Waals surface area contributed by atoms with E-state index in [4.69, 9.17) is 14.2 Å². The second-order valence-electron chi connectivity index (χ2n) is 7.34. The van der Waals surface area contributed by atoms with Crippen molar-refractivity contribution in [2.75, 3.05) is 33.5 Å². The standard InChI is InChI=1S/C27H29NO5/c1-3-32-16-8-15-28-25(21-11-6-12-22(17-21)27(30)31-2)18-23(29)19-33-26-14-7-10-20-9-4-5-13-24(20)26/h4-7,9-14,17-18,28H,3,8,15-16,19H2,1-2H3. The molecule has 6 nitrogen and oxygen atoms in total. The van der Waals surface area contributed by atoms with Gasteiger partial charge in [-0.1, -0.05) is 48.5 Å². The van der Waals surface area contributed by atoms with Gasteiger partial charge in [-0.05, 0) is 42.5 Å². The highest BCUT2D eigenvalue weighted by Gasteiger charge is 2.11. The number of ketones is 1. The molecular formula is C27H29NO5. The van der Waals surface area contributed by atoms with Crippen LogP contribution in [-0.2, 0) is 14.3 Å².